The van der Waals surface area contributed by atoms with Crippen molar-refractivity contribution < 1.29 is 9.95 Å². The Balaban J connectivity index is 2.92. The van der Waals surface area contributed by atoms with E-state index in [0.29, 0.717) is 0 Å². The Morgan fingerprint density at radius 1 is 1.89 bits per heavy atom. The van der Waals surface area contributed by atoms with Crippen molar-refractivity contribution >= 4 is 5.95 Å². The highest BCUT2D eigenvalue weighted by molar-refractivity contribution is 5.11. The summed E-state index contributed by atoms with van der Waals surface area (Å²) in [6, 6.07) is 0. The van der Waals surface area contributed by atoms with Crippen LogP contribution >= 0.6 is 0 Å². The first-order chi connectivity index (χ1) is 5.41. The zero-order chi connectivity index (χ0) is 9.35. The maximum absolute atomic E-state index is 7.00. The third-order valence-electron chi connectivity index (χ3n) is 1.20. The van der Waals surface area contributed by atoms with Gasteiger partial charge in [0.25, 0.3) is 0 Å². The molecule has 1 heterocycles. The Morgan fingerprint density at radius 3 is 3.00 bits per heavy atom. The summed E-state index contributed by atoms with van der Waals surface area (Å²) in [5.41, 5.74) is -0.661. The lowest BCUT2D eigenvalue weighted by molar-refractivity contribution is -0.266. The number of H-pyrrole nitrogens is 1. The molecule has 50 valence electrons. The fourth-order valence-electron chi connectivity index (χ4n) is 0.618. The molecule has 3 heteroatoms. The number of nitrogens with zero attached hydrogens (tertiary/aromatic N) is 1. The van der Waals surface area contributed by atoms with Crippen LogP contribution < -0.4 is 5.71 Å². The minimum atomic E-state index is -1.51. The number of hydrogen-bond donors (Lipinski definition) is 2. The van der Waals surface area contributed by atoms with E-state index in [0.717, 1.165) is 5.69 Å². The molecule has 1 aromatic heterocycles. The van der Waals surface area contributed by atoms with Gasteiger partial charge in [-0.25, -0.2) is 0 Å². The van der Waals surface area contributed by atoms with Crippen molar-refractivity contribution in [2.45, 2.75) is 19.8 Å². The number of aromatic amines is 1. The smallest absolute Gasteiger partial charge is 0.296 e. The molecule has 1 aromatic rings. The van der Waals surface area contributed by atoms with Crippen LogP contribution in [0, 0.1) is 0 Å². The Hall–Kier alpha value is -0.830. The normalized spacial score (nSPS) is 17.0. The van der Waals surface area contributed by atoms with Crippen LogP contribution in [0.2, 0.25) is 4.24 Å². The largest absolute Gasteiger partial charge is 0.353 e. The molecule has 0 unspecified atom stereocenters. The van der Waals surface area contributed by atoms with E-state index in [-0.39, 0.29) is 11.9 Å². The average molecular weight is 132 g/mol. The molecule has 0 fully saturated rings. The second-order valence-electron chi connectivity index (χ2n) is 2.32. The van der Waals surface area contributed by atoms with Gasteiger partial charge in [0, 0.05) is 5.69 Å². The highest BCUT2D eigenvalue weighted by Crippen LogP contribution is 2.10. The number of rotatable bonds is 2. The van der Waals surface area contributed by atoms with Crippen molar-refractivity contribution in [2.75, 3.05) is 0 Å². The molecule has 0 saturated carbocycles. The first-order valence-corrected chi connectivity index (χ1v) is 2.94. The molecule has 4 N–H and O–H groups in total. The summed E-state index contributed by atoms with van der Waals surface area (Å²) in [7, 11) is 0. The fourth-order valence-corrected chi connectivity index (χ4v) is 0.618. The van der Waals surface area contributed by atoms with Crippen LogP contribution in [0.25, 0.3) is 0 Å². The van der Waals surface area contributed by atoms with Crippen LogP contribution in [-0.2, 0) is 0 Å². The highest BCUT2D eigenvalue weighted by atomic mass is 15.0. The Morgan fingerprint density at radius 2 is 2.67 bits per heavy atom. The summed E-state index contributed by atoms with van der Waals surface area (Å²) in [6.07, 6.45) is 1.56. The van der Waals surface area contributed by atoms with Crippen molar-refractivity contribution in [2.24, 2.45) is 0 Å². The summed E-state index contributed by atoms with van der Waals surface area (Å²) in [4.78, 5) is 6.51. The second kappa shape index (κ2) is 2.19. The minimum Gasteiger partial charge on any atom is -0.296 e. The fraction of sp³-hybridized carbons (Fsp3) is 0.500. The average Bonchev–Trinajstić information content (AvgIpc) is 2.30. The maximum Gasteiger partial charge on any atom is 0.353 e. The van der Waals surface area contributed by atoms with Crippen LogP contribution in [0.5, 0.6) is 0 Å². The minimum absolute atomic E-state index is 0.0127. The molecule has 0 atom stereocenters. The van der Waals surface area contributed by atoms with Crippen molar-refractivity contribution in [3.63, 3.8) is 0 Å². The molecular weight excluding hydrogens is 114 g/mol. The van der Waals surface area contributed by atoms with E-state index in [9.17, 15) is 0 Å². The number of imidazole rings is 1. The topological polar surface area (TPSA) is 56.3 Å². The third kappa shape index (κ3) is 1.29. The van der Waals surface area contributed by atoms with Crippen molar-refractivity contribution in [3.05, 3.63) is 11.9 Å². The molecule has 0 aliphatic rings. The molecule has 0 aliphatic carbocycles. The molecule has 0 aromatic carbocycles. The highest BCUT2D eigenvalue weighted by Gasteiger charge is 2.01. The lowest BCUT2D eigenvalue weighted by Crippen LogP contribution is -2.41. The quantitative estimate of drug-likeness (QED) is 0.601. The lowest BCUT2D eigenvalue weighted by atomic mass is 10.2. The van der Waals surface area contributed by atoms with Crippen LogP contribution in [0.4, 0.5) is 5.95 Å². The molecule has 0 aliphatic heterocycles. The molecule has 0 amide bonds. The van der Waals surface area contributed by atoms with Crippen molar-refractivity contribution in [1.29, 1.82) is 0 Å². The predicted octanol–water partition coefficient (Wildman–Crippen LogP) is 0.406. The van der Waals surface area contributed by atoms with E-state index in [1.54, 1.807) is 6.20 Å². The van der Waals surface area contributed by atoms with E-state index in [1.165, 1.54) is 0 Å². The first kappa shape index (κ1) is 3.37. The standard InChI is InChI=1S/C6H11N3/c1-4(2)5-3-8-6(7)9-5/h3-4H,1-2H3,(H3,7,8,9)/p+1/i/hT3. The zero-order valence-electron chi connectivity index (χ0n) is 8.55. The van der Waals surface area contributed by atoms with Gasteiger partial charge in [0.2, 0.25) is 0 Å². The molecule has 0 radical (unpaired) electrons. The van der Waals surface area contributed by atoms with Gasteiger partial charge in [-0.2, -0.15) is 4.98 Å². The van der Waals surface area contributed by atoms with Crippen LogP contribution in [0.3, 0.4) is 0 Å². The monoisotopic (exact) mass is 132 g/mol. The summed E-state index contributed by atoms with van der Waals surface area (Å²) in [6.45, 7) is 3.95. The van der Waals surface area contributed by atoms with Crippen molar-refractivity contribution in [1.82, 2.24) is 9.97 Å². The Labute approximate surface area is 58.7 Å². The number of hydrogen-bond acceptors (Lipinski definition) is 1. The second-order valence-corrected chi connectivity index (χ2v) is 2.32. The molecular formula is C6H12N3+. The van der Waals surface area contributed by atoms with Gasteiger partial charge in [0.15, 0.2) is 0 Å². The number of quaternary nitrogens is 1. The molecule has 0 bridgehead atoms. The summed E-state index contributed by atoms with van der Waals surface area (Å²) in [5, 5.41) is 0. The third-order valence-corrected chi connectivity index (χ3v) is 1.20. The summed E-state index contributed by atoms with van der Waals surface area (Å²) >= 11 is 0. The molecule has 1 rings (SSSR count). The van der Waals surface area contributed by atoms with E-state index in [4.69, 9.17) is 4.24 Å². The number of nitrogens with one attached hydrogen (secondary N) is 1. The van der Waals surface area contributed by atoms with E-state index in [1.807, 2.05) is 13.8 Å². The Bertz CT molecular complexity index is 263. The van der Waals surface area contributed by atoms with Crippen LogP contribution in [-0.4, -0.2) is 9.97 Å². The predicted molar refractivity (Wildman–Crippen MR) is 35.2 cm³/mol. The SMILES string of the molecule is [3H][N+]([3H])([3H])c1ncc(C(C)C)[nH]1. The van der Waals surface area contributed by atoms with Gasteiger partial charge in [-0.15, -0.1) is 0 Å². The van der Waals surface area contributed by atoms with Crippen LogP contribution in [0.1, 0.15) is 25.5 Å². The van der Waals surface area contributed by atoms with Gasteiger partial charge >= 0.3 is 10.2 Å². The van der Waals surface area contributed by atoms with E-state index in [2.05, 4.69) is 9.97 Å². The van der Waals surface area contributed by atoms with Gasteiger partial charge in [0.05, 0.1) is 6.20 Å². The lowest BCUT2D eigenvalue weighted by Gasteiger charge is -1.95. The summed E-state index contributed by atoms with van der Waals surface area (Å²) in [5.74, 6) is 0.288. The van der Waals surface area contributed by atoms with Gasteiger partial charge in [-0.3, -0.25) is 10.7 Å². The molecule has 0 saturated heterocycles. The number of aromatic nitrogens is 2. The zero-order valence-corrected chi connectivity index (χ0v) is 5.55. The molecule has 0 spiro atoms. The van der Waals surface area contributed by atoms with E-state index < -0.39 is 5.71 Å². The van der Waals surface area contributed by atoms with Crippen LogP contribution in [0.15, 0.2) is 6.20 Å². The van der Waals surface area contributed by atoms with Gasteiger partial charge < -0.3 is 0 Å². The maximum atomic E-state index is 7.00. The summed E-state index contributed by atoms with van der Waals surface area (Å²) < 4.78 is 21.0. The van der Waals surface area contributed by atoms with E-state index >= 15 is 0 Å². The first-order valence-electron chi connectivity index (χ1n) is 4.28. The van der Waals surface area contributed by atoms with Gasteiger partial charge in [-0.05, 0) is 5.92 Å². The Kier molecular flexibility index (Phi) is 0.818. The molecule has 3 nitrogen and oxygen atoms in total. The van der Waals surface area contributed by atoms with Gasteiger partial charge in [-0.1, -0.05) is 13.8 Å². The van der Waals surface area contributed by atoms with Gasteiger partial charge in [0.1, 0.15) is 0 Å². The van der Waals surface area contributed by atoms with Crippen molar-refractivity contribution in [3.8, 4) is 0 Å². The molecule has 9 heavy (non-hydrogen) atoms.